The molecule has 61 heavy (non-hydrogen) atoms. The van der Waals surface area contributed by atoms with E-state index in [-0.39, 0.29) is 43.5 Å². The van der Waals surface area contributed by atoms with Crippen LogP contribution in [0.4, 0.5) is 0 Å². The summed E-state index contributed by atoms with van der Waals surface area (Å²) in [5.41, 5.74) is 1.86. The monoisotopic (exact) mass is 879 g/mol. The van der Waals surface area contributed by atoms with Gasteiger partial charge in [0.1, 0.15) is 12.4 Å². The maximum atomic E-state index is 12.5. The fourth-order valence-electron chi connectivity index (χ4n) is 4.92. The van der Waals surface area contributed by atoms with Gasteiger partial charge in [0, 0.05) is 5.56 Å². The molecule has 0 heterocycles. The summed E-state index contributed by atoms with van der Waals surface area (Å²) >= 11 is 0. The molecule has 0 atom stereocenters. The first-order chi connectivity index (χ1) is 29.4. The van der Waals surface area contributed by atoms with Crippen LogP contribution in [0.3, 0.4) is 0 Å². The normalized spacial score (nSPS) is 12.0. The van der Waals surface area contributed by atoms with Crippen LogP contribution < -0.4 is 4.74 Å². The van der Waals surface area contributed by atoms with Crippen molar-refractivity contribution in [1.29, 1.82) is 0 Å². The predicted molar refractivity (Wildman–Crippen MR) is 227 cm³/mol. The predicted octanol–water partition coefficient (Wildman–Crippen LogP) is 3.70. The molecule has 0 fully saturated rings. The minimum absolute atomic E-state index is 0.0166. The van der Waals surface area contributed by atoms with Crippen molar-refractivity contribution in [2.45, 2.75) is 65.2 Å². The summed E-state index contributed by atoms with van der Waals surface area (Å²) in [6, 6.07) is 5.90. The Morgan fingerprint density at radius 3 is 1.00 bits per heavy atom. The Morgan fingerprint density at radius 2 is 0.705 bits per heavy atom. The fourth-order valence-corrected chi connectivity index (χ4v) is 4.92. The van der Waals surface area contributed by atoms with E-state index in [0.29, 0.717) is 158 Å². The molecule has 17 nitrogen and oxygen atoms in total. The number of aliphatic hydroxyl groups is 1. The Morgan fingerprint density at radius 1 is 0.410 bits per heavy atom. The van der Waals surface area contributed by atoms with Gasteiger partial charge in [-0.15, -0.1) is 0 Å². The smallest absolute Gasteiger partial charge is 0.311 e. The Labute approximate surface area is 364 Å². The molecule has 0 spiro atoms. The summed E-state index contributed by atoms with van der Waals surface area (Å²) < 4.78 is 75.9. The lowest BCUT2D eigenvalue weighted by molar-refractivity contribution is -0.148. The minimum Gasteiger partial charge on any atom is -0.463 e. The number of hydrogen-bond donors (Lipinski definition) is 1. The number of esters is 2. The molecule has 0 saturated carbocycles. The zero-order valence-corrected chi connectivity index (χ0v) is 38.0. The quantitative estimate of drug-likeness (QED) is 0.0570. The molecule has 1 aromatic rings. The SMILES string of the molecule is CC(C)(C)c1ccc(OC(=O)CCC(=O)OCCOCCOCCOCCOCCOCCOCCOCCOCCOCCOCCOCCOCCO)c(C(C)(C)C)c1. The number of carbonyl (C=O) groups is 2. The molecule has 0 bridgehead atoms. The Kier molecular flexibility index (Phi) is 35.4. The van der Waals surface area contributed by atoms with Crippen molar-refractivity contribution in [2.24, 2.45) is 0 Å². The first-order valence-electron chi connectivity index (χ1n) is 21.5. The van der Waals surface area contributed by atoms with Gasteiger partial charge in [-0.25, -0.2) is 0 Å². The topological polar surface area (TPSA) is 184 Å². The molecule has 1 aromatic carbocycles. The Balaban J connectivity index is 1.78. The maximum absolute atomic E-state index is 12.5. The van der Waals surface area contributed by atoms with Crippen LogP contribution in [-0.4, -0.2) is 189 Å². The molecule has 17 heteroatoms. The van der Waals surface area contributed by atoms with Crippen molar-refractivity contribution in [3.63, 3.8) is 0 Å². The van der Waals surface area contributed by atoms with Gasteiger partial charge < -0.3 is 71.4 Å². The summed E-state index contributed by atoms with van der Waals surface area (Å²) in [5, 5.41) is 8.60. The lowest BCUT2D eigenvalue weighted by atomic mass is 9.80. The zero-order chi connectivity index (χ0) is 44.7. The van der Waals surface area contributed by atoms with E-state index in [9.17, 15) is 9.59 Å². The van der Waals surface area contributed by atoms with Gasteiger partial charge in [-0.1, -0.05) is 53.7 Å². The Bertz CT molecular complexity index is 1190. The molecule has 0 unspecified atom stereocenters. The van der Waals surface area contributed by atoms with Crippen molar-refractivity contribution >= 4 is 11.9 Å². The van der Waals surface area contributed by atoms with Crippen molar-refractivity contribution in [3.8, 4) is 5.75 Å². The van der Waals surface area contributed by atoms with Crippen LogP contribution in [0.2, 0.25) is 0 Å². The third kappa shape index (κ3) is 34.8. The number of hydrogen-bond acceptors (Lipinski definition) is 17. The van der Waals surface area contributed by atoms with Crippen molar-refractivity contribution in [1.82, 2.24) is 0 Å². The molecule has 0 aromatic heterocycles. The van der Waals surface area contributed by atoms with E-state index in [4.69, 9.17) is 71.4 Å². The van der Waals surface area contributed by atoms with Gasteiger partial charge in [-0.05, 0) is 22.5 Å². The number of ether oxygens (including phenoxy) is 14. The standard InChI is InChI=1S/C44H78O17/c1-43(2,3)38-7-8-40(39(37-38)44(4,5)6)61-42(47)10-9-41(46)60-36-35-59-34-33-58-32-31-57-30-29-56-28-27-55-26-25-54-24-23-53-22-21-52-20-19-51-18-17-50-16-15-49-14-13-48-12-11-45/h7-8,37,45H,9-36H2,1-6H3. The molecule has 1 N–H and O–H groups in total. The second kappa shape index (κ2) is 38.1. The van der Waals surface area contributed by atoms with Gasteiger partial charge >= 0.3 is 11.9 Å². The van der Waals surface area contributed by atoms with Crippen LogP contribution in [0, 0.1) is 0 Å². The summed E-state index contributed by atoms with van der Waals surface area (Å²) in [6.07, 6.45) is -0.144. The van der Waals surface area contributed by atoms with Gasteiger partial charge in [-0.2, -0.15) is 0 Å². The maximum Gasteiger partial charge on any atom is 0.311 e. The summed E-state index contributed by atoms with van der Waals surface area (Å²) in [7, 11) is 0. The highest BCUT2D eigenvalue weighted by Crippen LogP contribution is 2.35. The summed E-state index contributed by atoms with van der Waals surface area (Å²) in [4.78, 5) is 24.6. The number of aliphatic hydroxyl groups excluding tert-OH is 1. The van der Waals surface area contributed by atoms with E-state index in [1.54, 1.807) is 0 Å². The molecule has 0 amide bonds. The third-order valence-corrected chi connectivity index (χ3v) is 8.23. The van der Waals surface area contributed by atoms with Gasteiger partial charge in [0.2, 0.25) is 0 Å². The average Bonchev–Trinajstić information content (AvgIpc) is 3.21. The highest BCUT2D eigenvalue weighted by molar-refractivity contribution is 5.79. The average molecular weight is 879 g/mol. The minimum atomic E-state index is -0.483. The van der Waals surface area contributed by atoms with Gasteiger partial charge in [0.05, 0.1) is 178 Å². The largest absolute Gasteiger partial charge is 0.463 e. The van der Waals surface area contributed by atoms with E-state index >= 15 is 0 Å². The highest BCUT2D eigenvalue weighted by Gasteiger charge is 2.24. The van der Waals surface area contributed by atoms with Gasteiger partial charge in [0.25, 0.3) is 0 Å². The van der Waals surface area contributed by atoms with Crippen LogP contribution in [0.25, 0.3) is 0 Å². The lowest BCUT2D eigenvalue weighted by Gasteiger charge is -2.26. The number of benzene rings is 1. The molecule has 0 aliphatic rings. The highest BCUT2D eigenvalue weighted by atomic mass is 16.6. The van der Waals surface area contributed by atoms with E-state index in [0.717, 1.165) is 11.1 Å². The van der Waals surface area contributed by atoms with E-state index < -0.39 is 11.9 Å². The summed E-state index contributed by atoms with van der Waals surface area (Å²) in [5.74, 6) is -0.447. The van der Waals surface area contributed by atoms with Crippen molar-refractivity contribution < 1.29 is 81.0 Å². The zero-order valence-electron chi connectivity index (χ0n) is 38.0. The van der Waals surface area contributed by atoms with E-state index in [2.05, 4.69) is 47.6 Å². The molecule has 0 aliphatic heterocycles. The lowest BCUT2D eigenvalue weighted by Crippen LogP contribution is -2.20. The Hall–Kier alpha value is -2.36. The van der Waals surface area contributed by atoms with E-state index in [1.165, 1.54) is 0 Å². The van der Waals surface area contributed by atoms with Gasteiger partial charge in [0.15, 0.2) is 0 Å². The second-order valence-corrected chi connectivity index (χ2v) is 15.5. The fraction of sp³-hybridized carbons (Fsp3) is 0.818. The number of rotatable bonds is 42. The van der Waals surface area contributed by atoms with Crippen molar-refractivity contribution in [3.05, 3.63) is 29.3 Å². The first-order valence-corrected chi connectivity index (χ1v) is 21.5. The molecular formula is C44H78O17. The van der Waals surface area contributed by atoms with Crippen molar-refractivity contribution in [2.75, 3.05) is 172 Å². The van der Waals surface area contributed by atoms with Crippen LogP contribution in [0.15, 0.2) is 18.2 Å². The van der Waals surface area contributed by atoms with Crippen LogP contribution in [-0.2, 0) is 82.0 Å². The van der Waals surface area contributed by atoms with Crippen LogP contribution in [0.5, 0.6) is 5.75 Å². The van der Waals surface area contributed by atoms with Gasteiger partial charge in [-0.3, -0.25) is 9.59 Å². The second-order valence-electron chi connectivity index (χ2n) is 15.5. The molecule has 0 radical (unpaired) electrons. The molecule has 1 rings (SSSR count). The molecule has 356 valence electrons. The molecule has 0 aliphatic carbocycles. The van der Waals surface area contributed by atoms with Crippen LogP contribution >= 0.6 is 0 Å². The third-order valence-electron chi connectivity index (χ3n) is 8.23. The number of carbonyl (C=O) groups excluding carboxylic acids is 2. The summed E-state index contributed by atoms with van der Waals surface area (Å²) in [6.45, 7) is 23.5. The van der Waals surface area contributed by atoms with E-state index in [1.807, 2.05) is 12.1 Å². The first kappa shape index (κ1) is 56.7. The van der Waals surface area contributed by atoms with Crippen LogP contribution in [0.1, 0.15) is 65.5 Å². The molecular weight excluding hydrogens is 800 g/mol. The molecule has 0 saturated heterocycles.